The van der Waals surface area contributed by atoms with E-state index in [0.717, 1.165) is 17.7 Å². The van der Waals surface area contributed by atoms with Crippen LogP contribution < -0.4 is 11.1 Å². The van der Waals surface area contributed by atoms with Crippen molar-refractivity contribution in [3.63, 3.8) is 0 Å². The molecule has 3 nitrogen and oxygen atoms in total. The minimum atomic E-state index is 0.0852. The Morgan fingerprint density at radius 1 is 1.50 bits per heavy atom. The molecule has 0 saturated heterocycles. The maximum Gasteiger partial charge on any atom is 0.228 e. The Hall–Kier alpha value is -1.79. The number of anilines is 1. The minimum Gasteiger partial charge on any atom is -0.325 e. The fourth-order valence-electron chi connectivity index (χ4n) is 1.98. The van der Waals surface area contributed by atoms with Gasteiger partial charge in [0.25, 0.3) is 0 Å². The lowest BCUT2D eigenvalue weighted by molar-refractivity contribution is -0.118. The van der Waals surface area contributed by atoms with E-state index in [1.54, 1.807) is 0 Å². The highest BCUT2D eigenvalue weighted by molar-refractivity contribution is 5.96. The third kappa shape index (κ3) is 2.72. The van der Waals surface area contributed by atoms with Crippen LogP contribution >= 0.6 is 0 Å². The number of carbonyl (C=O) groups is 1. The van der Waals surface area contributed by atoms with E-state index >= 15 is 0 Å². The zero-order valence-electron chi connectivity index (χ0n) is 10.8. The van der Waals surface area contributed by atoms with Crippen LogP contribution in [0.5, 0.6) is 0 Å². The average Bonchev–Trinajstić information content (AvgIpc) is 2.97. The van der Waals surface area contributed by atoms with Gasteiger partial charge in [0.15, 0.2) is 0 Å². The molecule has 1 aliphatic carbocycles. The number of hydrogen-bond donors (Lipinski definition) is 2. The fraction of sp³-hybridized carbons (Fsp3) is 0.400. The molecule has 1 amide bonds. The SMILES string of the molecule is CC1(C)CC1C(=O)Nc1ccccc1C#CCN. The molecule has 0 aliphatic heterocycles. The number of carbonyl (C=O) groups excluding carboxylic acids is 1. The third-order valence-electron chi connectivity index (χ3n) is 3.34. The van der Waals surface area contributed by atoms with Crippen LogP contribution in [0.3, 0.4) is 0 Å². The molecule has 18 heavy (non-hydrogen) atoms. The lowest BCUT2D eigenvalue weighted by atomic mass is 10.1. The van der Waals surface area contributed by atoms with Gasteiger partial charge in [0.1, 0.15) is 0 Å². The molecule has 94 valence electrons. The van der Waals surface area contributed by atoms with E-state index in [2.05, 4.69) is 31.0 Å². The first-order valence-electron chi connectivity index (χ1n) is 6.13. The van der Waals surface area contributed by atoms with Crippen LogP contribution in [0.1, 0.15) is 25.8 Å². The summed E-state index contributed by atoms with van der Waals surface area (Å²) in [6, 6.07) is 7.54. The van der Waals surface area contributed by atoms with Crippen LogP contribution in [0.2, 0.25) is 0 Å². The van der Waals surface area contributed by atoms with Crippen molar-refractivity contribution in [2.24, 2.45) is 17.1 Å². The van der Waals surface area contributed by atoms with E-state index < -0.39 is 0 Å². The second-order valence-corrected chi connectivity index (χ2v) is 5.29. The van der Waals surface area contributed by atoms with Crippen LogP contribution in [-0.2, 0) is 4.79 Å². The molecule has 1 unspecified atom stereocenters. The number of amides is 1. The van der Waals surface area contributed by atoms with E-state index in [-0.39, 0.29) is 17.2 Å². The lowest BCUT2D eigenvalue weighted by Crippen LogP contribution is -2.17. The van der Waals surface area contributed by atoms with Gasteiger partial charge in [-0.2, -0.15) is 0 Å². The second kappa shape index (κ2) is 4.83. The van der Waals surface area contributed by atoms with Crippen LogP contribution in [-0.4, -0.2) is 12.5 Å². The third-order valence-corrected chi connectivity index (χ3v) is 3.34. The van der Waals surface area contributed by atoms with E-state index in [9.17, 15) is 4.79 Å². The summed E-state index contributed by atoms with van der Waals surface area (Å²) in [6.45, 7) is 4.53. The van der Waals surface area contributed by atoms with Crippen molar-refractivity contribution in [3.05, 3.63) is 29.8 Å². The predicted molar refractivity (Wildman–Crippen MR) is 72.9 cm³/mol. The Labute approximate surface area is 108 Å². The summed E-state index contributed by atoms with van der Waals surface area (Å²) in [6.07, 6.45) is 0.954. The van der Waals surface area contributed by atoms with Crippen molar-refractivity contribution in [3.8, 4) is 11.8 Å². The monoisotopic (exact) mass is 242 g/mol. The normalized spacial score (nSPS) is 19.6. The summed E-state index contributed by atoms with van der Waals surface area (Å²) >= 11 is 0. The fourth-order valence-corrected chi connectivity index (χ4v) is 1.98. The summed E-state index contributed by atoms with van der Waals surface area (Å²) in [5.41, 5.74) is 7.09. The molecule has 1 aromatic carbocycles. The number of nitrogens with two attached hydrogens (primary N) is 1. The van der Waals surface area contributed by atoms with Crippen molar-refractivity contribution in [1.82, 2.24) is 0 Å². The summed E-state index contributed by atoms with van der Waals surface area (Å²) in [5.74, 6) is 5.98. The van der Waals surface area contributed by atoms with E-state index in [0.29, 0.717) is 6.54 Å². The van der Waals surface area contributed by atoms with E-state index in [1.165, 1.54) is 0 Å². The number of benzene rings is 1. The summed E-state index contributed by atoms with van der Waals surface area (Å²) in [5, 5.41) is 2.95. The van der Waals surface area contributed by atoms with Crippen LogP contribution in [0, 0.1) is 23.2 Å². The number of para-hydroxylation sites is 1. The lowest BCUT2D eigenvalue weighted by Gasteiger charge is -2.08. The standard InChI is InChI=1S/C15H18N2O/c1-15(2)10-12(15)14(18)17-13-8-4-3-6-11(13)7-5-9-16/h3-4,6,8,12H,9-10,16H2,1-2H3,(H,17,18). The minimum absolute atomic E-state index is 0.0852. The molecule has 1 aromatic rings. The maximum atomic E-state index is 12.0. The van der Waals surface area contributed by atoms with Gasteiger partial charge in [-0.3, -0.25) is 4.79 Å². The Balaban J connectivity index is 2.12. The number of rotatable bonds is 2. The Morgan fingerprint density at radius 2 is 2.17 bits per heavy atom. The molecule has 1 saturated carbocycles. The molecule has 3 N–H and O–H groups in total. The molecule has 0 heterocycles. The first kappa shape index (κ1) is 12.7. The molecule has 2 rings (SSSR count). The number of nitrogens with one attached hydrogen (secondary N) is 1. The van der Waals surface area contributed by atoms with Gasteiger partial charge in [-0.15, -0.1) is 0 Å². The quantitative estimate of drug-likeness (QED) is 0.779. The topological polar surface area (TPSA) is 55.1 Å². The van der Waals surface area contributed by atoms with Crippen molar-refractivity contribution < 1.29 is 4.79 Å². The number of hydrogen-bond acceptors (Lipinski definition) is 2. The van der Waals surface area contributed by atoms with Gasteiger partial charge >= 0.3 is 0 Å². The molecule has 3 heteroatoms. The van der Waals surface area contributed by atoms with Crippen molar-refractivity contribution in [2.45, 2.75) is 20.3 Å². The highest BCUT2D eigenvalue weighted by atomic mass is 16.2. The summed E-state index contributed by atoms with van der Waals surface area (Å²) in [4.78, 5) is 12.0. The molecule has 0 radical (unpaired) electrons. The molecule has 0 bridgehead atoms. The first-order valence-corrected chi connectivity index (χ1v) is 6.13. The molecular formula is C15H18N2O. The van der Waals surface area contributed by atoms with Crippen molar-refractivity contribution >= 4 is 11.6 Å². The van der Waals surface area contributed by atoms with Crippen molar-refractivity contribution in [2.75, 3.05) is 11.9 Å². The zero-order valence-corrected chi connectivity index (χ0v) is 10.8. The van der Waals surface area contributed by atoms with Gasteiger partial charge in [-0.05, 0) is 24.0 Å². The van der Waals surface area contributed by atoms with Gasteiger partial charge < -0.3 is 11.1 Å². The van der Waals surface area contributed by atoms with Gasteiger partial charge in [0.2, 0.25) is 5.91 Å². The van der Waals surface area contributed by atoms with Gasteiger partial charge in [-0.25, -0.2) is 0 Å². The Bertz CT molecular complexity index is 523. The van der Waals surface area contributed by atoms with Crippen LogP contribution in [0.25, 0.3) is 0 Å². The van der Waals surface area contributed by atoms with E-state index in [1.807, 2.05) is 24.3 Å². The van der Waals surface area contributed by atoms with Gasteiger partial charge in [-0.1, -0.05) is 37.8 Å². The molecule has 1 aliphatic rings. The second-order valence-electron chi connectivity index (χ2n) is 5.29. The molecule has 0 aromatic heterocycles. The predicted octanol–water partition coefficient (Wildman–Crippen LogP) is 1.98. The van der Waals surface area contributed by atoms with Crippen LogP contribution in [0.15, 0.2) is 24.3 Å². The van der Waals surface area contributed by atoms with Crippen molar-refractivity contribution in [1.29, 1.82) is 0 Å². The van der Waals surface area contributed by atoms with Crippen LogP contribution in [0.4, 0.5) is 5.69 Å². The first-order chi connectivity index (χ1) is 8.54. The smallest absolute Gasteiger partial charge is 0.228 e. The Kier molecular flexibility index (Phi) is 3.40. The molecular weight excluding hydrogens is 224 g/mol. The summed E-state index contributed by atoms with van der Waals surface area (Å²) < 4.78 is 0. The van der Waals surface area contributed by atoms with Gasteiger partial charge in [0, 0.05) is 11.5 Å². The molecule has 1 atom stereocenters. The zero-order chi connectivity index (χ0) is 13.2. The highest BCUT2D eigenvalue weighted by Gasteiger charge is 2.50. The maximum absolute atomic E-state index is 12.0. The summed E-state index contributed by atoms with van der Waals surface area (Å²) in [7, 11) is 0. The molecule has 1 fully saturated rings. The Morgan fingerprint density at radius 3 is 2.78 bits per heavy atom. The molecule has 0 spiro atoms. The van der Waals surface area contributed by atoms with Gasteiger partial charge in [0.05, 0.1) is 12.2 Å². The highest BCUT2D eigenvalue weighted by Crippen LogP contribution is 2.52. The average molecular weight is 242 g/mol. The largest absolute Gasteiger partial charge is 0.325 e. The van der Waals surface area contributed by atoms with E-state index in [4.69, 9.17) is 5.73 Å².